The number of Topliss-reactive ketones (excluding diaryl/α,β-unsaturated/α-hetero) is 1. The van der Waals surface area contributed by atoms with Gasteiger partial charge in [-0.2, -0.15) is 0 Å². The van der Waals surface area contributed by atoms with Crippen LogP contribution in [0, 0.1) is 0 Å². The Bertz CT molecular complexity index is 1770. The zero-order valence-electron chi connectivity index (χ0n) is 20.0. The molecule has 0 N–H and O–H groups in total. The highest BCUT2D eigenvalue weighted by Gasteiger charge is 2.24. The average Bonchev–Trinajstić information content (AvgIpc) is 3.58. The lowest BCUT2D eigenvalue weighted by molar-refractivity contribution is 0.0477. The van der Waals surface area contributed by atoms with Crippen molar-refractivity contribution in [1.82, 2.24) is 9.55 Å². The van der Waals surface area contributed by atoms with E-state index < -0.39 is 5.97 Å². The van der Waals surface area contributed by atoms with Crippen LogP contribution in [-0.4, -0.2) is 27.9 Å². The van der Waals surface area contributed by atoms with E-state index in [0.717, 1.165) is 22.2 Å². The Morgan fingerprint density at radius 1 is 0.865 bits per heavy atom. The third-order valence-corrected chi connectivity index (χ3v) is 6.48. The Kier molecular flexibility index (Phi) is 5.62. The van der Waals surface area contributed by atoms with Crippen LogP contribution in [0.2, 0.25) is 0 Å². The van der Waals surface area contributed by atoms with Crippen molar-refractivity contribution in [1.29, 1.82) is 0 Å². The molecule has 0 aliphatic rings. The number of esters is 1. The molecule has 6 aromatic rings. The van der Waals surface area contributed by atoms with Gasteiger partial charge < -0.3 is 13.7 Å². The number of hydrogen-bond acceptors (Lipinski definition) is 5. The lowest BCUT2D eigenvalue weighted by Crippen LogP contribution is -2.15. The Hall–Kier alpha value is -4.97. The predicted octanol–water partition coefficient (Wildman–Crippen LogP) is 6.69. The van der Waals surface area contributed by atoms with E-state index in [2.05, 4.69) is 4.98 Å². The topological polar surface area (TPSA) is 74.3 Å². The third kappa shape index (κ3) is 3.98. The van der Waals surface area contributed by atoms with E-state index in [1.807, 2.05) is 90.5 Å². The molecule has 0 bridgehead atoms. The largest absolute Gasteiger partial charge is 0.463 e. The molecule has 0 saturated carbocycles. The van der Waals surface area contributed by atoms with Crippen molar-refractivity contribution < 1.29 is 18.7 Å². The standard InChI is InChI=1S/C31H22N2O4/c1-33-26-15-8-6-13-22(26)29(30(33)20-10-3-2-4-11-20)27(34)19-37-31(35)23-18-25(28-16-9-17-36-28)32-24-14-7-5-12-21(23)24/h2-18H,19H2,1H3. The molecule has 0 unspecified atom stereocenters. The molecule has 6 heteroatoms. The van der Waals surface area contributed by atoms with Gasteiger partial charge in [-0.1, -0.05) is 66.7 Å². The normalized spacial score (nSPS) is 11.2. The molecule has 0 amide bonds. The number of aryl methyl sites for hydroxylation is 1. The first-order valence-corrected chi connectivity index (χ1v) is 11.9. The Balaban J connectivity index is 1.36. The maximum absolute atomic E-state index is 13.6. The van der Waals surface area contributed by atoms with Gasteiger partial charge in [0.05, 0.1) is 28.6 Å². The minimum absolute atomic E-state index is 0.270. The number of pyridine rings is 1. The van der Waals surface area contributed by atoms with E-state index in [1.54, 1.807) is 24.5 Å². The molecule has 3 heterocycles. The summed E-state index contributed by atoms with van der Waals surface area (Å²) in [6.45, 7) is -0.389. The Labute approximate surface area is 212 Å². The number of hydrogen-bond donors (Lipinski definition) is 0. The number of nitrogens with zero attached hydrogens (tertiary/aromatic N) is 2. The molecule has 6 nitrogen and oxygen atoms in total. The summed E-state index contributed by atoms with van der Waals surface area (Å²) in [5.41, 5.74) is 4.65. The van der Waals surface area contributed by atoms with Crippen LogP contribution >= 0.6 is 0 Å². The van der Waals surface area contributed by atoms with Gasteiger partial charge in [0.2, 0.25) is 5.78 Å². The Morgan fingerprint density at radius 2 is 1.59 bits per heavy atom. The summed E-state index contributed by atoms with van der Waals surface area (Å²) in [6.07, 6.45) is 1.55. The maximum Gasteiger partial charge on any atom is 0.339 e. The molecule has 0 aliphatic carbocycles. The average molecular weight is 487 g/mol. The minimum atomic E-state index is -0.596. The van der Waals surface area contributed by atoms with Gasteiger partial charge in [0.25, 0.3) is 0 Å². The first-order chi connectivity index (χ1) is 18.1. The summed E-state index contributed by atoms with van der Waals surface area (Å²) < 4.78 is 13.1. The van der Waals surface area contributed by atoms with Gasteiger partial charge in [-0.3, -0.25) is 4.79 Å². The highest BCUT2D eigenvalue weighted by molar-refractivity contribution is 6.15. The monoisotopic (exact) mass is 486 g/mol. The van der Waals surface area contributed by atoms with Crippen LogP contribution in [0.3, 0.4) is 0 Å². The second kappa shape index (κ2) is 9.24. The van der Waals surface area contributed by atoms with Crippen molar-refractivity contribution in [2.75, 3.05) is 6.61 Å². The number of fused-ring (bicyclic) bond motifs is 2. The lowest BCUT2D eigenvalue weighted by atomic mass is 10.0. The molecule has 0 aliphatic heterocycles. The predicted molar refractivity (Wildman–Crippen MR) is 142 cm³/mol. The van der Waals surface area contributed by atoms with E-state index in [4.69, 9.17) is 9.15 Å². The van der Waals surface area contributed by atoms with Crippen molar-refractivity contribution in [2.45, 2.75) is 0 Å². The third-order valence-electron chi connectivity index (χ3n) is 6.48. The number of benzene rings is 3. The smallest absolute Gasteiger partial charge is 0.339 e. The molecule has 0 spiro atoms. The fourth-order valence-electron chi connectivity index (χ4n) is 4.79. The summed E-state index contributed by atoms with van der Waals surface area (Å²) in [5, 5.41) is 1.46. The van der Waals surface area contributed by atoms with Crippen molar-refractivity contribution in [3.05, 3.63) is 114 Å². The quantitative estimate of drug-likeness (QED) is 0.194. The second-order valence-electron chi connectivity index (χ2n) is 8.71. The lowest BCUT2D eigenvalue weighted by Gasteiger charge is -2.10. The van der Waals surface area contributed by atoms with E-state index in [1.165, 1.54) is 0 Å². The van der Waals surface area contributed by atoms with Crippen LogP contribution < -0.4 is 0 Å². The highest BCUT2D eigenvalue weighted by atomic mass is 16.5. The molecule has 3 aromatic carbocycles. The number of carbonyl (C=O) groups is 2. The van der Waals surface area contributed by atoms with Gasteiger partial charge >= 0.3 is 5.97 Å². The van der Waals surface area contributed by atoms with Gasteiger partial charge in [-0.25, -0.2) is 9.78 Å². The van der Waals surface area contributed by atoms with Gasteiger partial charge in [-0.05, 0) is 35.9 Å². The number of ether oxygens (including phenoxy) is 1. The van der Waals surface area contributed by atoms with Gasteiger partial charge in [0, 0.05) is 23.3 Å². The molecular weight excluding hydrogens is 464 g/mol. The SMILES string of the molecule is Cn1c(-c2ccccc2)c(C(=O)COC(=O)c2cc(-c3ccco3)nc3ccccc23)c2ccccc21. The summed E-state index contributed by atoms with van der Waals surface area (Å²) in [6, 6.07) is 30.0. The molecular formula is C31H22N2O4. The molecule has 0 saturated heterocycles. The van der Waals surface area contributed by atoms with E-state index in [-0.39, 0.29) is 12.4 Å². The van der Waals surface area contributed by atoms with Crippen LogP contribution in [0.4, 0.5) is 0 Å². The van der Waals surface area contributed by atoms with Crippen LogP contribution in [0.25, 0.3) is 44.5 Å². The van der Waals surface area contributed by atoms with Gasteiger partial charge in [0.15, 0.2) is 12.4 Å². The van der Waals surface area contributed by atoms with Crippen molar-refractivity contribution in [3.8, 4) is 22.7 Å². The van der Waals surface area contributed by atoms with Crippen molar-refractivity contribution in [2.24, 2.45) is 7.05 Å². The highest BCUT2D eigenvalue weighted by Crippen LogP contribution is 2.33. The number of furan rings is 1. The number of aromatic nitrogens is 2. The summed E-state index contributed by atoms with van der Waals surface area (Å²) >= 11 is 0. The van der Waals surface area contributed by atoms with Crippen LogP contribution in [0.15, 0.2) is 108 Å². The number of ketones is 1. The van der Waals surface area contributed by atoms with Gasteiger partial charge in [0.1, 0.15) is 5.69 Å². The second-order valence-corrected chi connectivity index (χ2v) is 8.71. The molecule has 3 aromatic heterocycles. The van der Waals surface area contributed by atoms with E-state index >= 15 is 0 Å². The molecule has 6 rings (SSSR count). The molecule has 37 heavy (non-hydrogen) atoms. The number of carbonyl (C=O) groups excluding carboxylic acids is 2. The van der Waals surface area contributed by atoms with Gasteiger partial charge in [-0.15, -0.1) is 0 Å². The van der Waals surface area contributed by atoms with Crippen LogP contribution in [-0.2, 0) is 11.8 Å². The molecule has 0 atom stereocenters. The Morgan fingerprint density at radius 3 is 2.38 bits per heavy atom. The zero-order chi connectivity index (χ0) is 25.4. The number of rotatable bonds is 6. The van der Waals surface area contributed by atoms with E-state index in [9.17, 15) is 9.59 Å². The summed E-state index contributed by atoms with van der Waals surface area (Å²) in [7, 11) is 1.94. The maximum atomic E-state index is 13.6. The summed E-state index contributed by atoms with van der Waals surface area (Å²) in [4.78, 5) is 31.5. The molecule has 0 radical (unpaired) electrons. The fraction of sp³-hybridized carbons (Fsp3) is 0.0645. The van der Waals surface area contributed by atoms with E-state index in [0.29, 0.717) is 33.5 Å². The zero-order valence-corrected chi connectivity index (χ0v) is 20.0. The first kappa shape index (κ1) is 22.5. The molecule has 0 fully saturated rings. The number of para-hydroxylation sites is 2. The van der Waals surface area contributed by atoms with Crippen molar-refractivity contribution in [3.63, 3.8) is 0 Å². The molecule has 180 valence electrons. The van der Waals surface area contributed by atoms with Crippen LogP contribution in [0.5, 0.6) is 0 Å². The van der Waals surface area contributed by atoms with Crippen molar-refractivity contribution >= 4 is 33.6 Å². The summed E-state index contributed by atoms with van der Waals surface area (Å²) in [5.74, 6) is -0.325. The fourth-order valence-corrected chi connectivity index (χ4v) is 4.79. The van der Waals surface area contributed by atoms with Crippen LogP contribution in [0.1, 0.15) is 20.7 Å². The minimum Gasteiger partial charge on any atom is -0.463 e. The first-order valence-electron chi connectivity index (χ1n) is 11.9.